The van der Waals surface area contributed by atoms with Crippen LogP contribution in [0.2, 0.25) is 0 Å². The molecule has 2 saturated carbocycles. The van der Waals surface area contributed by atoms with Crippen molar-refractivity contribution in [1.29, 1.82) is 0 Å². The van der Waals surface area contributed by atoms with Crippen LogP contribution in [0.3, 0.4) is 0 Å². The van der Waals surface area contributed by atoms with Crippen LogP contribution in [-0.2, 0) is 23.9 Å². The number of ether oxygens (including phenoxy) is 2. The SMILES string of the molecule is C[C@]12C=CC(=O)CC1=C(F)CC1C3C[C@H]4CN(C(=O)c5ccco5)O[C@@]4(C(=O)COC4CCCCO4)[C@@]3(C)C[C@H](O)[C@@]12F. The fraction of sp³-hybridized carbons (Fsp3) is 0.656. The highest BCUT2D eigenvalue weighted by molar-refractivity contribution is 5.95. The molecular weight excluding hydrogens is 564 g/mol. The van der Waals surface area contributed by atoms with Gasteiger partial charge in [-0.2, -0.15) is 0 Å². The van der Waals surface area contributed by atoms with E-state index in [9.17, 15) is 19.5 Å². The van der Waals surface area contributed by atoms with Crippen LogP contribution in [0.25, 0.3) is 0 Å². The monoisotopic (exact) mass is 601 g/mol. The number of hydrogen-bond donors (Lipinski definition) is 1. The number of fused-ring (bicyclic) bond motifs is 7. The molecule has 1 amide bonds. The number of hydrogen-bond acceptors (Lipinski definition) is 8. The van der Waals surface area contributed by atoms with E-state index in [1.54, 1.807) is 19.9 Å². The summed E-state index contributed by atoms with van der Waals surface area (Å²) in [6.07, 6.45) is 3.93. The van der Waals surface area contributed by atoms with Gasteiger partial charge in [0.15, 0.2) is 34.9 Å². The molecule has 0 aromatic carbocycles. The van der Waals surface area contributed by atoms with Gasteiger partial charge in [-0.1, -0.05) is 13.0 Å². The molecular formula is C32H37F2NO8. The number of rotatable bonds is 5. The number of ketones is 2. The Bertz CT molecular complexity index is 1400. The van der Waals surface area contributed by atoms with Crippen molar-refractivity contribution in [2.24, 2.45) is 28.6 Å². The van der Waals surface area contributed by atoms with E-state index in [1.807, 2.05) is 0 Å². The number of allylic oxidation sites excluding steroid dienone is 4. The standard InChI is InChI=1S/C32H37F2NO8/c1-29-9-8-19(36)13-22(29)23(33)14-21-20-12-18-16-35(28(39)24-6-5-11-40-24)43-32(18,30(20,2)15-25(37)31(21,29)34)26(38)17-42-27-7-3-4-10-41-27/h5-6,8-9,11,18,20-21,25,27,37H,3-4,7,10,12-17H2,1-2H3/t18-,20?,21?,25-,27?,29-,30-,31-,32-/m0/s1. The van der Waals surface area contributed by atoms with E-state index < -0.39 is 69.8 Å². The molecule has 0 radical (unpaired) electrons. The maximum absolute atomic E-state index is 17.7. The second-order valence-corrected chi connectivity index (χ2v) is 13.5. The van der Waals surface area contributed by atoms with Gasteiger partial charge in [0.2, 0.25) is 0 Å². The molecule has 6 aliphatic rings. The van der Waals surface area contributed by atoms with Crippen molar-refractivity contribution in [3.8, 4) is 0 Å². The Morgan fingerprint density at radius 1 is 1.23 bits per heavy atom. The van der Waals surface area contributed by atoms with Gasteiger partial charge in [0.25, 0.3) is 0 Å². The Morgan fingerprint density at radius 2 is 2.05 bits per heavy atom. The molecule has 9 nitrogen and oxygen atoms in total. The normalized spacial score (nSPS) is 43.7. The molecule has 1 aromatic heterocycles. The first kappa shape index (κ1) is 29.0. The smallest absolute Gasteiger partial charge is 0.313 e. The zero-order valence-corrected chi connectivity index (χ0v) is 24.4. The number of Topliss-reactive ketones (excluding diaryl/α,β-unsaturated/α-hetero) is 1. The zero-order chi connectivity index (χ0) is 30.4. The van der Waals surface area contributed by atoms with Crippen LogP contribution in [0.15, 0.2) is 46.4 Å². The number of aliphatic hydroxyl groups is 1. The topological polar surface area (TPSA) is 116 Å². The van der Waals surface area contributed by atoms with Crippen LogP contribution >= 0.6 is 0 Å². The van der Waals surface area contributed by atoms with Gasteiger partial charge < -0.3 is 19.0 Å². The van der Waals surface area contributed by atoms with Crippen LogP contribution in [0.4, 0.5) is 8.78 Å². The second-order valence-electron chi connectivity index (χ2n) is 13.5. The number of carbonyl (C=O) groups excluding carboxylic acids is 3. The third kappa shape index (κ3) is 3.83. The van der Waals surface area contributed by atoms with Crippen molar-refractivity contribution in [3.05, 3.63) is 47.7 Å². The summed E-state index contributed by atoms with van der Waals surface area (Å²) in [6.45, 7) is 3.55. The third-order valence-corrected chi connectivity index (χ3v) is 11.6. The maximum Gasteiger partial charge on any atom is 0.313 e. The molecule has 1 aromatic rings. The lowest BCUT2D eigenvalue weighted by molar-refractivity contribution is -0.254. The molecule has 3 heterocycles. The minimum absolute atomic E-state index is 0.0363. The van der Waals surface area contributed by atoms with Gasteiger partial charge in [0, 0.05) is 42.1 Å². The van der Waals surface area contributed by atoms with Crippen LogP contribution in [-0.4, -0.2) is 71.1 Å². The van der Waals surface area contributed by atoms with Crippen LogP contribution in [0.1, 0.15) is 69.3 Å². The number of hydroxylamine groups is 2. The predicted octanol–water partition coefficient (Wildman–Crippen LogP) is 4.41. The lowest BCUT2D eigenvalue weighted by Crippen LogP contribution is -2.69. The summed E-state index contributed by atoms with van der Waals surface area (Å²) in [5.74, 6) is -3.92. The van der Waals surface area contributed by atoms with Gasteiger partial charge in [-0.15, -0.1) is 0 Å². The third-order valence-electron chi connectivity index (χ3n) is 11.6. The van der Waals surface area contributed by atoms with Crippen molar-refractivity contribution in [1.82, 2.24) is 5.06 Å². The summed E-state index contributed by atoms with van der Waals surface area (Å²) < 4.78 is 50.4. The Labute approximate surface area is 248 Å². The largest absolute Gasteiger partial charge is 0.459 e. The predicted molar refractivity (Wildman–Crippen MR) is 145 cm³/mol. The van der Waals surface area contributed by atoms with Crippen LogP contribution in [0, 0.1) is 28.6 Å². The maximum atomic E-state index is 17.7. The van der Waals surface area contributed by atoms with E-state index in [2.05, 4.69) is 0 Å². The van der Waals surface area contributed by atoms with Crippen molar-refractivity contribution >= 4 is 17.5 Å². The Hall–Kier alpha value is -2.73. The summed E-state index contributed by atoms with van der Waals surface area (Å²) in [4.78, 5) is 46.3. The first-order valence-corrected chi connectivity index (χ1v) is 15.2. The minimum atomic E-state index is -2.28. The summed E-state index contributed by atoms with van der Waals surface area (Å²) in [5, 5.41) is 12.9. The highest BCUT2D eigenvalue weighted by atomic mass is 19.1. The van der Waals surface area contributed by atoms with Gasteiger partial charge in [-0.05, 0) is 68.7 Å². The summed E-state index contributed by atoms with van der Waals surface area (Å²) in [7, 11) is 0. The lowest BCUT2D eigenvalue weighted by Gasteiger charge is -2.62. The van der Waals surface area contributed by atoms with Crippen LogP contribution < -0.4 is 0 Å². The fourth-order valence-electron chi connectivity index (χ4n) is 9.48. The van der Waals surface area contributed by atoms with E-state index in [4.69, 9.17) is 18.7 Å². The van der Waals surface area contributed by atoms with E-state index in [0.29, 0.717) is 13.0 Å². The molecule has 2 saturated heterocycles. The summed E-state index contributed by atoms with van der Waals surface area (Å²) >= 11 is 0. The number of alkyl halides is 1. The number of furan rings is 1. The molecule has 43 heavy (non-hydrogen) atoms. The number of aliphatic hydroxyl groups excluding tert-OH is 1. The van der Waals surface area contributed by atoms with Crippen molar-refractivity contribution < 1.29 is 47.0 Å². The number of carbonyl (C=O) groups is 3. The number of amides is 1. The van der Waals surface area contributed by atoms with E-state index in [-0.39, 0.29) is 56.0 Å². The molecule has 232 valence electrons. The highest BCUT2D eigenvalue weighted by Crippen LogP contribution is 2.72. The van der Waals surface area contributed by atoms with Gasteiger partial charge in [0.05, 0.1) is 18.9 Å². The molecule has 1 N–H and O–H groups in total. The first-order chi connectivity index (χ1) is 20.5. The molecule has 4 aliphatic carbocycles. The molecule has 2 aliphatic heterocycles. The Balaban J connectivity index is 1.27. The molecule has 3 unspecified atom stereocenters. The summed E-state index contributed by atoms with van der Waals surface area (Å²) in [6, 6.07) is 3.08. The van der Waals surface area contributed by atoms with Gasteiger partial charge in [-0.25, -0.2) is 13.8 Å². The van der Waals surface area contributed by atoms with Crippen molar-refractivity contribution in [3.63, 3.8) is 0 Å². The van der Waals surface area contributed by atoms with E-state index in [1.165, 1.54) is 24.5 Å². The molecule has 11 heteroatoms. The van der Waals surface area contributed by atoms with Crippen molar-refractivity contribution in [2.45, 2.75) is 82.5 Å². The van der Waals surface area contributed by atoms with Gasteiger partial charge >= 0.3 is 5.91 Å². The Kier molecular flexibility index (Phi) is 6.67. The van der Waals surface area contributed by atoms with E-state index >= 15 is 8.78 Å². The van der Waals surface area contributed by atoms with Gasteiger partial charge in [0.1, 0.15) is 12.4 Å². The minimum Gasteiger partial charge on any atom is -0.459 e. The molecule has 7 rings (SSSR count). The highest BCUT2D eigenvalue weighted by Gasteiger charge is 2.79. The number of halogens is 2. The second kappa shape index (κ2) is 9.89. The number of nitrogens with zero attached hydrogens (tertiary/aromatic N) is 1. The van der Waals surface area contributed by atoms with E-state index in [0.717, 1.165) is 17.9 Å². The average Bonchev–Trinajstić information content (AvgIpc) is 3.71. The Morgan fingerprint density at radius 3 is 2.77 bits per heavy atom. The average molecular weight is 602 g/mol. The molecule has 4 fully saturated rings. The quantitative estimate of drug-likeness (QED) is 0.528. The molecule has 9 atom stereocenters. The fourth-order valence-corrected chi connectivity index (χ4v) is 9.48. The lowest BCUT2D eigenvalue weighted by atomic mass is 9.45. The molecule has 0 spiro atoms. The molecule has 0 bridgehead atoms. The van der Waals surface area contributed by atoms with Gasteiger partial charge in [-0.3, -0.25) is 19.2 Å². The van der Waals surface area contributed by atoms with Crippen LogP contribution in [0.5, 0.6) is 0 Å². The first-order valence-electron chi connectivity index (χ1n) is 15.2. The van der Waals surface area contributed by atoms with Crippen molar-refractivity contribution in [2.75, 3.05) is 19.8 Å². The summed E-state index contributed by atoms with van der Waals surface area (Å²) in [5.41, 5.74) is -6.54. The zero-order valence-electron chi connectivity index (χ0n) is 24.4.